The molecule has 2 N–H and O–H groups in total. The summed E-state index contributed by atoms with van der Waals surface area (Å²) in [4.78, 5) is 9.01. The third kappa shape index (κ3) is 2.44. The summed E-state index contributed by atoms with van der Waals surface area (Å²) in [6.45, 7) is 0. The minimum atomic E-state index is 0.121. The van der Waals surface area contributed by atoms with Crippen molar-refractivity contribution >= 4 is 39.5 Å². The fraction of sp³-hybridized carbons (Fsp3) is 0.100. The Balaban J connectivity index is 1.86. The van der Waals surface area contributed by atoms with E-state index < -0.39 is 0 Å². The minimum Gasteiger partial charge on any atom is -0.366 e. The molecule has 4 heterocycles. The fourth-order valence-electron chi connectivity index (χ4n) is 3.66. The molecule has 0 radical (unpaired) electrons. The smallest absolute Gasteiger partial charge is 0.240 e. The number of nitrogens with two attached hydrogens (primary N) is 1. The lowest BCUT2D eigenvalue weighted by Gasteiger charge is -2.06. The first-order chi connectivity index (χ1) is 13.5. The summed E-state index contributed by atoms with van der Waals surface area (Å²) in [5.41, 5.74) is 10.9. The third-order valence-corrected chi connectivity index (χ3v) is 5.13. The van der Waals surface area contributed by atoms with Crippen LogP contribution >= 0.6 is 11.6 Å². The summed E-state index contributed by atoms with van der Waals surface area (Å²) < 4.78 is 4.00. The Morgan fingerprint density at radius 1 is 0.929 bits per heavy atom. The molecule has 5 rings (SSSR count). The van der Waals surface area contributed by atoms with Crippen molar-refractivity contribution in [1.82, 2.24) is 29.3 Å². The van der Waals surface area contributed by atoms with Crippen LogP contribution in [0.25, 0.3) is 44.5 Å². The van der Waals surface area contributed by atoms with Crippen LogP contribution in [0.3, 0.4) is 0 Å². The van der Waals surface area contributed by atoms with Gasteiger partial charge in [0.2, 0.25) is 5.95 Å². The van der Waals surface area contributed by atoms with Crippen molar-refractivity contribution in [2.75, 3.05) is 5.73 Å². The van der Waals surface area contributed by atoms with E-state index in [0.717, 1.165) is 33.1 Å². The number of aryl methyl sites for hydroxylation is 2. The molecule has 0 atom stereocenters. The van der Waals surface area contributed by atoms with E-state index in [1.165, 1.54) is 0 Å². The second kappa shape index (κ2) is 6.03. The van der Waals surface area contributed by atoms with E-state index in [1.807, 2.05) is 66.0 Å². The Labute approximate surface area is 165 Å². The third-order valence-electron chi connectivity index (χ3n) is 4.90. The zero-order valence-electron chi connectivity index (χ0n) is 15.3. The predicted molar refractivity (Wildman–Crippen MR) is 111 cm³/mol. The van der Waals surface area contributed by atoms with Crippen LogP contribution in [-0.4, -0.2) is 29.3 Å². The first-order valence-electron chi connectivity index (χ1n) is 8.68. The average Bonchev–Trinajstić information content (AvgIpc) is 3.19. The van der Waals surface area contributed by atoms with Crippen LogP contribution in [0.1, 0.15) is 0 Å². The topological polar surface area (TPSA) is 87.4 Å². The summed E-state index contributed by atoms with van der Waals surface area (Å²) in [7, 11) is 3.94. The van der Waals surface area contributed by atoms with Crippen molar-refractivity contribution in [3.05, 3.63) is 53.9 Å². The lowest BCUT2D eigenvalue weighted by molar-refractivity contribution is 0.945. The van der Waals surface area contributed by atoms with Crippen molar-refractivity contribution in [3.8, 4) is 22.5 Å². The van der Waals surface area contributed by atoms with Gasteiger partial charge in [0, 0.05) is 65.1 Å². The van der Waals surface area contributed by atoms with Crippen LogP contribution < -0.4 is 5.73 Å². The van der Waals surface area contributed by atoms with E-state index in [2.05, 4.69) is 20.2 Å². The highest BCUT2D eigenvalue weighted by molar-refractivity contribution is 6.31. The maximum Gasteiger partial charge on any atom is 0.240 e. The van der Waals surface area contributed by atoms with Gasteiger partial charge in [0.25, 0.3) is 0 Å². The van der Waals surface area contributed by atoms with Crippen molar-refractivity contribution in [3.63, 3.8) is 0 Å². The zero-order chi connectivity index (χ0) is 19.4. The highest BCUT2D eigenvalue weighted by atomic mass is 35.5. The van der Waals surface area contributed by atoms with Gasteiger partial charge in [0.05, 0.1) is 0 Å². The first kappa shape index (κ1) is 16.7. The normalized spacial score (nSPS) is 11.5. The maximum absolute atomic E-state index is 6.26. The number of nitrogens with zero attached hydrogens (tertiary/aromatic N) is 6. The molecule has 1 aromatic carbocycles. The summed E-state index contributed by atoms with van der Waals surface area (Å²) in [5.74, 6) is 0.121. The van der Waals surface area contributed by atoms with E-state index >= 15 is 0 Å². The second-order valence-corrected chi connectivity index (χ2v) is 7.15. The molecule has 0 aliphatic heterocycles. The van der Waals surface area contributed by atoms with Gasteiger partial charge >= 0.3 is 0 Å². The Kier molecular flexibility index (Phi) is 3.60. The number of aromatic nitrogens is 6. The van der Waals surface area contributed by atoms with Gasteiger partial charge in [-0.3, -0.25) is 0 Å². The summed E-state index contributed by atoms with van der Waals surface area (Å²) in [5, 5.41) is 11.0. The molecular formula is C20H16ClN7. The van der Waals surface area contributed by atoms with E-state index in [0.29, 0.717) is 16.4 Å². The van der Waals surface area contributed by atoms with Gasteiger partial charge in [-0.2, -0.15) is 0 Å². The number of benzene rings is 1. The van der Waals surface area contributed by atoms with Gasteiger partial charge in [0.1, 0.15) is 17.0 Å². The number of hydrogen-bond acceptors (Lipinski definition) is 5. The molecule has 0 aliphatic rings. The van der Waals surface area contributed by atoms with Gasteiger partial charge < -0.3 is 14.9 Å². The molecule has 138 valence electrons. The number of anilines is 1. The highest BCUT2D eigenvalue weighted by Gasteiger charge is 2.20. The van der Waals surface area contributed by atoms with Gasteiger partial charge in [0.15, 0.2) is 0 Å². The standard InChI is InChI=1S/C20H16ClN7/c1-27-9-15(13-8-11(21)5-6-16(13)27)17-18(25-26-20(22)24-17)14-10-28(2)19-12(14)4-3-7-23-19/h3-10H,1-2H3,(H2,22,24,26). The number of hydrogen-bond donors (Lipinski definition) is 1. The molecule has 7 nitrogen and oxygen atoms in total. The van der Waals surface area contributed by atoms with Gasteiger partial charge in [-0.25, -0.2) is 9.97 Å². The maximum atomic E-state index is 6.26. The summed E-state index contributed by atoms with van der Waals surface area (Å²) in [6.07, 6.45) is 5.77. The molecule has 0 spiro atoms. The largest absolute Gasteiger partial charge is 0.366 e. The zero-order valence-corrected chi connectivity index (χ0v) is 16.0. The molecule has 28 heavy (non-hydrogen) atoms. The molecule has 5 aromatic rings. The van der Waals surface area contributed by atoms with Crippen LogP contribution in [0.5, 0.6) is 0 Å². The Morgan fingerprint density at radius 2 is 1.71 bits per heavy atom. The van der Waals surface area contributed by atoms with Gasteiger partial charge in [-0.1, -0.05) is 11.6 Å². The van der Waals surface area contributed by atoms with Crippen molar-refractivity contribution in [2.24, 2.45) is 14.1 Å². The van der Waals surface area contributed by atoms with Crippen LogP contribution in [0.15, 0.2) is 48.9 Å². The molecule has 0 saturated heterocycles. The van der Waals surface area contributed by atoms with Crippen LogP contribution in [0.2, 0.25) is 5.02 Å². The van der Waals surface area contributed by atoms with Crippen molar-refractivity contribution < 1.29 is 0 Å². The quantitative estimate of drug-likeness (QED) is 0.496. The number of pyridine rings is 1. The lowest BCUT2D eigenvalue weighted by atomic mass is 10.0. The van der Waals surface area contributed by atoms with Crippen molar-refractivity contribution in [1.29, 1.82) is 0 Å². The summed E-state index contributed by atoms with van der Waals surface area (Å²) in [6, 6.07) is 9.71. The van der Waals surface area contributed by atoms with Gasteiger partial charge in [-0.05, 0) is 30.3 Å². The Hall–Kier alpha value is -3.45. The molecule has 0 aliphatic carbocycles. The molecule has 4 aromatic heterocycles. The molecule has 0 amide bonds. The Morgan fingerprint density at radius 3 is 2.57 bits per heavy atom. The number of fused-ring (bicyclic) bond motifs is 2. The van der Waals surface area contributed by atoms with Crippen LogP contribution in [0, 0.1) is 0 Å². The Bertz CT molecular complexity index is 1370. The molecule has 0 unspecified atom stereocenters. The van der Waals surface area contributed by atoms with Crippen molar-refractivity contribution in [2.45, 2.75) is 0 Å². The first-order valence-corrected chi connectivity index (χ1v) is 9.06. The molecule has 0 saturated carbocycles. The number of nitrogen functional groups attached to an aromatic ring is 1. The molecule has 0 bridgehead atoms. The fourth-order valence-corrected chi connectivity index (χ4v) is 3.83. The number of rotatable bonds is 2. The van der Waals surface area contributed by atoms with Gasteiger partial charge in [-0.15, -0.1) is 10.2 Å². The van der Waals surface area contributed by atoms with E-state index in [-0.39, 0.29) is 5.95 Å². The number of halogens is 1. The highest BCUT2D eigenvalue weighted by Crippen LogP contribution is 2.38. The summed E-state index contributed by atoms with van der Waals surface area (Å²) >= 11 is 6.26. The molecule has 0 fully saturated rings. The molecule has 8 heteroatoms. The monoisotopic (exact) mass is 389 g/mol. The van der Waals surface area contributed by atoms with Crippen LogP contribution in [0.4, 0.5) is 5.95 Å². The average molecular weight is 390 g/mol. The predicted octanol–water partition coefficient (Wildman–Crippen LogP) is 3.82. The second-order valence-electron chi connectivity index (χ2n) is 6.71. The molecular weight excluding hydrogens is 374 g/mol. The van der Waals surface area contributed by atoms with E-state index in [1.54, 1.807) is 6.20 Å². The van der Waals surface area contributed by atoms with Crippen LogP contribution in [-0.2, 0) is 14.1 Å². The lowest BCUT2D eigenvalue weighted by Crippen LogP contribution is -2.02. The minimum absolute atomic E-state index is 0.121. The SMILES string of the molecule is Cn1cc(-c2nc(N)nnc2-c2cn(C)c3ncccc23)c2cc(Cl)ccc21. The van der Waals surface area contributed by atoms with E-state index in [4.69, 9.17) is 17.3 Å². The van der Waals surface area contributed by atoms with E-state index in [9.17, 15) is 0 Å².